The molecule has 0 spiro atoms. The highest BCUT2D eigenvalue weighted by atomic mass is 32.2. The van der Waals surface area contributed by atoms with E-state index in [1.165, 1.54) is 25.0 Å². The van der Waals surface area contributed by atoms with Crippen LogP contribution in [0.4, 0.5) is 0 Å². The van der Waals surface area contributed by atoms with Gasteiger partial charge >= 0.3 is 0 Å². The van der Waals surface area contributed by atoms with Crippen LogP contribution in [0.25, 0.3) is 0 Å². The fraction of sp³-hybridized carbons (Fsp3) is 0.933. The highest BCUT2D eigenvalue weighted by molar-refractivity contribution is 7.99. The fourth-order valence-corrected chi connectivity index (χ4v) is 4.68. The molecule has 0 aromatic heterocycles. The van der Waals surface area contributed by atoms with E-state index in [1.54, 1.807) is 0 Å². The van der Waals surface area contributed by atoms with E-state index in [0.717, 1.165) is 30.9 Å². The molecule has 0 saturated heterocycles. The van der Waals surface area contributed by atoms with Gasteiger partial charge in [-0.25, -0.2) is 0 Å². The summed E-state index contributed by atoms with van der Waals surface area (Å²) < 4.78 is 0. The summed E-state index contributed by atoms with van der Waals surface area (Å²) in [5.41, 5.74) is 6.04. The largest absolute Gasteiger partial charge is 0.353 e. The van der Waals surface area contributed by atoms with Crippen molar-refractivity contribution in [2.75, 3.05) is 5.75 Å². The van der Waals surface area contributed by atoms with Crippen molar-refractivity contribution in [2.24, 2.45) is 11.7 Å². The first-order valence-corrected chi connectivity index (χ1v) is 8.90. The fourth-order valence-electron chi connectivity index (χ4n) is 3.51. The molecule has 0 heterocycles. The number of carbonyl (C=O) groups is 1. The van der Waals surface area contributed by atoms with Gasteiger partial charge in [0.25, 0.3) is 0 Å². The molecular formula is C15H28N2OS. The number of thioether (sulfide) groups is 1. The third kappa shape index (κ3) is 4.67. The molecule has 110 valence electrons. The molecule has 0 aromatic carbocycles. The molecule has 19 heavy (non-hydrogen) atoms. The highest BCUT2D eigenvalue weighted by Gasteiger charge is 2.28. The van der Waals surface area contributed by atoms with Crippen molar-refractivity contribution in [1.29, 1.82) is 0 Å². The van der Waals surface area contributed by atoms with Crippen LogP contribution in [0, 0.1) is 5.92 Å². The van der Waals surface area contributed by atoms with Crippen LogP contribution in [0.1, 0.15) is 58.3 Å². The van der Waals surface area contributed by atoms with Gasteiger partial charge in [0, 0.05) is 23.8 Å². The Bertz CT molecular complexity index is 296. The zero-order valence-corrected chi connectivity index (χ0v) is 12.9. The molecule has 3 N–H and O–H groups in total. The van der Waals surface area contributed by atoms with Gasteiger partial charge in [0.1, 0.15) is 0 Å². The average Bonchev–Trinajstić information content (AvgIpc) is 2.76. The number of nitrogens with one attached hydrogen (secondary N) is 1. The van der Waals surface area contributed by atoms with Crippen LogP contribution in [0.15, 0.2) is 0 Å². The molecular weight excluding hydrogens is 256 g/mol. The lowest BCUT2D eigenvalue weighted by molar-refractivity contribution is -0.123. The van der Waals surface area contributed by atoms with Gasteiger partial charge in [-0.05, 0) is 43.8 Å². The molecule has 0 bridgehead atoms. The predicted molar refractivity (Wildman–Crippen MR) is 82.3 cm³/mol. The zero-order valence-electron chi connectivity index (χ0n) is 12.1. The summed E-state index contributed by atoms with van der Waals surface area (Å²) in [5, 5.41) is 3.99. The van der Waals surface area contributed by atoms with Crippen molar-refractivity contribution < 1.29 is 4.79 Å². The van der Waals surface area contributed by atoms with Gasteiger partial charge in [0.15, 0.2) is 0 Å². The van der Waals surface area contributed by atoms with Crippen LogP contribution in [0.5, 0.6) is 0 Å². The Kier molecular flexibility index (Phi) is 6.02. The number of amides is 1. The molecule has 4 atom stereocenters. The summed E-state index contributed by atoms with van der Waals surface area (Å²) in [6.45, 7) is 2.22. The van der Waals surface area contributed by atoms with Gasteiger partial charge in [-0.15, -0.1) is 0 Å². The standard InChI is InChI=1S/C15H28N2OS/c1-2-19-13-7-4-6-12(10-13)17-15(18)9-11-5-3-8-14(11)16/h11-14H,2-10,16H2,1H3,(H,17,18)/t11-,12?,13?,14+/m0/s1. The second-order valence-corrected chi connectivity index (χ2v) is 7.64. The normalized spacial score (nSPS) is 35.3. The van der Waals surface area contributed by atoms with E-state index in [2.05, 4.69) is 12.2 Å². The molecule has 0 aromatic rings. The van der Waals surface area contributed by atoms with Crippen LogP contribution in [0.2, 0.25) is 0 Å². The van der Waals surface area contributed by atoms with Crippen molar-refractivity contribution in [2.45, 2.75) is 75.6 Å². The van der Waals surface area contributed by atoms with E-state index in [4.69, 9.17) is 5.73 Å². The van der Waals surface area contributed by atoms with Crippen molar-refractivity contribution in [1.82, 2.24) is 5.32 Å². The summed E-state index contributed by atoms with van der Waals surface area (Å²) in [7, 11) is 0. The Hall–Kier alpha value is -0.220. The molecule has 2 fully saturated rings. The van der Waals surface area contributed by atoms with Crippen molar-refractivity contribution in [3.63, 3.8) is 0 Å². The highest BCUT2D eigenvalue weighted by Crippen LogP contribution is 2.29. The summed E-state index contributed by atoms with van der Waals surface area (Å²) in [6.07, 6.45) is 8.94. The number of nitrogens with two attached hydrogens (primary N) is 1. The van der Waals surface area contributed by atoms with Gasteiger partial charge in [-0.1, -0.05) is 19.8 Å². The van der Waals surface area contributed by atoms with Crippen LogP contribution in [-0.2, 0) is 4.79 Å². The molecule has 2 saturated carbocycles. The summed E-state index contributed by atoms with van der Waals surface area (Å²) >= 11 is 2.05. The minimum absolute atomic E-state index is 0.231. The topological polar surface area (TPSA) is 55.1 Å². The first-order chi connectivity index (χ1) is 9.19. The van der Waals surface area contributed by atoms with E-state index in [9.17, 15) is 4.79 Å². The van der Waals surface area contributed by atoms with Gasteiger partial charge in [-0.2, -0.15) is 11.8 Å². The first-order valence-electron chi connectivity index (χ1n) is 7.85. The summed E-state index contributed by atoms with van der Waals surface area (Å²) in [4.78, 5) is 12.1. The Morgan fingerprint density at radius 3 is 2.74 bits per heavy atom. The second-order valence-electron chi connectivity index (χ2n) is 6.07. The Labute approximate surface area is 121 Å². The second kappa shape index (κ2) is 7.53. The minimum Gasteiger partial charge on any atom is -0.353 e. The lowest BCUT2D eigenvalue weighted by Gasteiger charge is -2.29. The smallest absolute Gasteiger partial charge is 0.220 e. The van der Waals surface area contributed by atoms with Gasteiger partial charge in [0.05, 0.1) is 0 Å². The summed E-state index contributed by atoms with van der Waals surface area (Å²) in [5.74, 6) is 1.83. The Morgan fingerprint density at radius 1 is 1.26 bits per heavy atom. The van der Waals surface area contributed by atoms with Crippen LogP contribution < -0.4 is 11.1 Å². The molecule has 2 unspecified atom stereocenters. The average molecular weight is 284 g/mol. The first kappa shape index (κ1) is 15.2. The van der Waals surface area contributed by atoms with Crippen molar-refractivity contribution >= 4 is 17.7 Å². The summed E-state index contributed by atoms with van der Waals surface area (Å²) in [6, 6.07) is 0.656. The SMILES string of the molecule is CCSC1CCCC(NC(=O)C[C@@H]2CCC[C@H]2N)C1. The van der Waals surface area contributed by atoms with E-state index in [0.29, 0.717) is 18.4 Å². The maximum atomic E-state index is 12.1. The van der Waals surface area contributed by atoms with Gasteiger partial charge in [0.2, 0.25) is 5.91 Å². The Morgan fingerprint density at radius 2 is 2.05 bits per heavy atom. The van der Waals surface area contributed by atoms with Crippen LogP contribution in [-0.4, -0.2) is 29.0 Å². The van der Waals surface area contributed by atoms with Gasteiger partial charge < -0.3 is 11.1 Å². The van der Waals surface area contributed by atoms with Crippen LogP contribution in [0.3, 0.4) is 0 Å². The lowest BCUT2D eigenvalue weighted by Crippen LogP contribution is -2.40. The monoisotopic (exact) mass is 284 g/mol. The lowest BCUT2D eigenvalue weighted by atomic mass is 9.94. The zero-order chi connectivity index (χ0) is 13.7. The number of hydrogen-bond acceptors (Lipinski definition) is 3. The minimum atomic E-state index is 0.231. The maximum absolute atomic E-state index is 12.1. The van der Waals surface area contributed by atoms with Crippen molar-refractivity contribution in [3.05, 3.63) is 0 Å². The third-order valence-corrected chi connectivity index (χ3v) is 5.79. The van der Waals surface area contributed by atoms with Gasteiger partial charge in [-0.3, -0.25) is 4.79 Å². The molecule has 2 aliphatic carbocycles. The van der Waals surface area contributed by atoms with Crippen molar-refractivity contribution in [3.8, 4) is 0 Å². The molecule has 0 aliphatic heterocycles. The molecule has 1 amide bonds. The Balaban J connectivity index is 1.72. The quantitative estimate of drug-likeness (QED) is 0.816. The maximum Gasteiger partial charge on any atom is 0.220 e. The molecule has 4 heteroatoms. The number of hydrogen-bond donors (Lipinski definition) is 2. The number of rotatable bonds is 5. The van der Waals surface area contributed by atoms with E-state index in [1.807, 2.05) is 11.8 Å². The van der Waals surface area contributed by atoms with E-state index in [-0.39, 0.29) is 11.9 Å². The van der Waals surface area contributed by atoms with E-state index < -0.39 is 0 Å². The molecule has 2 aliphatic rings. The third-order valence-electron chi connectivity index (χ3n) is 4.56. The molecule has 0 radical (unpaired) electrons. The molecule has 2 rings (SSSR count). The molecule has 3 nitrogen and oxygen atoms in total. The van der Waals surface area contributed by atoms with E-state index >= 15 is 0 Å². The number of carbonyl (C=O) groups excluding carboxylic acids is 1. The predicted octanol–water partition coefficient (Wildman–Crippen LogP) is 2.68. The van der Waals surface area contributed by atoms with Crippen LogP contribution >= 0.6 is 11.8 Å².